The summed E-state index contributed by atoms with van der Waals surface area (Å²) in [5.74, 6) is -0.299. The molecule has 1 aliphatic heterocycles. The van der Waals surface area contributed by atoms with Crippen LogP contribution in [-0.4, -0.2) is 17.5 Å². The average Bonchev–Trinajstić information content (AvgIpc) is 2.98. The molecule has 1 aliphatic rings. The molecular weight excluding hydrogens is 311 g/mol. The molecule has 2 aromatic rings. The van der Waals surface area contributed by atoms with Crippen molar-refractivity contribution >= 4 is 11.6 Å². The molecule has 1 heterocycles. The molecule has 0 spiro atoms. The SMILES string of the molecule is N#Cc1ccc(CN2CCCC2Cc2ccccc2Cl)c(F)c1. The summed E-state index contributed by atoms with van der Waals surface area (Å²) >= 11 is 6.26. The fourth-order valence-electron chi connectivity index (χ4n) is 3.22. The summed E-state index contributed by atoms with van der Waals surface area (Å²) in [7, 11) is 0. The molecule has 1 unspecified atom stereocenters. The Morgan fingerprint density at radius 2 is 2.04 bits per heavy atom. The van der Waals surface area contributed by atoms with Gasteiger partial charge in [0.05, 0.1) is 11.6 Å². The van der Waals surface area contributed by atoms with Crippen molar-refractivity contribution in [2.45, 2.75) is 31.8 Å². The van der Waals surface area contributed by atoms with Crippen molar-refractivity contribution in [2.24, 2.45) is 0 Å². The second-order valence-corrected chi connectivity index (χ2v) is 6.39. The normalized spacial score (nSPS) is 18.0. The van der Waals surface area contributed by atoms with Crippen LogP contribution in [0, 0.1) is 17.1 Å². The Morgan fingerprint density at radius 3 is 2.78 bits per heavy atom. The van der Waals surface area contributed by atoms with Gasteiger partial charge in [0.15, 0.2) is 0 Å². The van der Waals surface area contributed by atoms with E-state index in [1.54, 1.807) is 12.1 Å². The molecule has 4 heteroatoms. The Morgan fingerprint density at radius 1 is 1.22 bits per heavy atom. The maximum absolute atomic E-state index is 14.1. The van der Waals surface area contributed by atoms with Gasteiger partial charge in [0.25, 0.3) is 0 Å². The standard InChI is InChI=1S/C19H18ClFN2/c20-18-6-2-1-4-15(18)11-17-5-3-9-23(17)13-16-8-7-14(12-22)10-19(16)21/h1-2,4,6-8,10,17H,3,5,9,11,13H2. The third-order valence-electron chi connectivity index (χ3n) is 4.47. The molecule has 1 saturated heterocycles. The number of halogens is 2. The van der Waals surface area contributed by atoms with E-state index >= 15 is 0 Å². The number of hydrogen-bond acceptors (Lipinski definition) is 2. The molecule has 0 aromatic heterocycles. The Hall–Kier alpha value is -1.89. The zero-order chi connectivity index (χ0) is 16.2. The summed E-state index contributed by atoms with van der Waals surface area (Å²) < 4.78 is 14.1. The zero-order valence-electron chi connectivity index (χ0n) is 12.8. The predicted octanol–water partition coefficient (Wildman–Crippen LogP) is 4.56. The van der Waals surface area contributed by atoms with E-state index in [1.165, 1.54) is 6.07 Å². The second-order valence-electron chi connectivity index (χ2n) is 5.98. The molecular formula is C19H18ClFN2. The fraction of sp³-hybridized carbons (Fsp3) is 0.316. The van der Waals surface area contributed by atoms with Gasteiger partial charge in [-0.3, -0.25) is 4.90 Å². The summed E-state index contributed by atoms with van der Waals surface area (Å²) in [6.07, 6.45) is 3.10. The lowest BCUT2D eigenvalue weighted by molar-refractivity contribution is 0.241. The van der Waals surface area contributed by atoms with Crippen LogP contribution in [0.2, 0.25) is 5.02 Å². The van der Waals surface area contributed by atoms with Crippen molar-refractivity contribution in [3.8, 4) is 6.07 Å². The molecule has 0 N–H and O–H groups in total. The van der Waals surface area contributed by atoms with Gasteiger partial charge in [-0.1, -0.05) is 35.9 Å². The van der Waals surface area contributed by atoms with Crippen molar-refractivity contribution in [3.05, 3.63) is 70.0 Å². The van der Waals surface area contributed by atoms with Crippen molar-refractivity contribution in [1.82, 2.24) is 4.90 Å². The third kappa shape index (κ3) is 3.72. The van der Waals surface area contributed by atoms with E-state index in [1.807, 2.05) is 24.3 Å². The van der Waals surface area contributed by atoms with Crippen molar-refractivity contribution < 1.29 is 4.39 Å². The van der Waals surface area contributed by atoms with Gasteiger partial charge in [-0.05, 0) is 49.6 Å². The molecule has 0 aliphatic carbocycles. The van der Waals surface area contributed by atoms with Crippen LogP contribution in [0.3, 0.4) is 0 Å². The number of nitriles is 1. The number of nitrogens with zero attached hydrogens (tertiary/aromatic N) is 2. The quantitative estimate of drug-likeness (QED) is 0.822. The minimum Gasteiger partial charge on any atom is -0.296 e. The van der Waals surface area contributed by atoms with Crippen LogP contribution >= 0.6 is 11.6 Å². The number of rotatable bonds is 4. The molecule has 0 bridgehead atoms. The molecule has 0 amide bonds. The summed E-state index contributed by atoms with van der Waals surface area (Å²) in [5.41, 5.74) is 2.15. The third-order valence-corrected chi connectivity index (χ3v) is 4.84. The van der Waals surface area contributed by atoms with Crippen LogP contribution in [0.1, 0.15) is 29.5 Å². The minimum absolute atomic E-state index is 0.299. The monoisotopic (exact) mass is 328 g/mol. The highest BCUT2D eigenvalue weighted by atomic mass is 35.5. The fourth-order valence-corrected chi connectivity index (χ4v) is 3.43. The van der Waals surface area contributed by atoms with E-state index in [0.29, 0.717) is 23.7 Å². The van der Waals surface area contributed by atoms with Crippen LogP contribution in [-0.2, 0) is 13.0 Å². The number of benzene rings is 2. The van der Waals surface area contributed by atoms with Crippen molar-refractivity contribution in [2.75, 3.05) is 6.54 Å². The topological polar surface area (TPSA) is 27.0 Å². The van der Waals surface area contributed by atoms with Gasteiger partial charge < -0.3 is 0 Å². The lowest BCUT2D eigenvalue weighted by atomic mass is 10.0. The smallest absolute Gasteiger partial charge is 0.129 e. The van der Waals surface area contributed by atoms with Gasteiger partial charge >= 0.3 is 0 Å². The molecule has 2 nitrogen and oxygen atoms in total. The van der Waals surface area contributed by atoms with Gasteiger partial charge in [-0.25, -0.2) is 4.39 Å². The van der Waals surface area contributed by atoms with Crippen molar-refractivity contribution in [3.63, 3.8) is 0 Å². The van der Waals surface area contributed by atoms with Crippen LogP contribution in [0.15, 0.2) is 42.5 Å². The number of likely N-dealkylation sites (tertiary alicyclic amines) is 1. The first-order valence-electron chi connectivity index (χ1n) is 7.83. The molecule has 23 heavy (non-hydrogen) atoms. The van der Waals surface area contributed by atoms with E-state index in [4.69, 9.17) is 16.9 Å². The maximum atomic E-state index is 14.1. The summed E-state index contributed by atoms with van der Waals surface area (Å²) in [6.45, 7) is 1.54. The second kappa shape index (κ2) is 7.12. The predicted molar refractivity (Wildman–Crippen MR) is 89.7 cm³/mol. The summed E-state index contributed by atoms with van der Waals surface area (Å²) in [6, 6.07) is 15.0. The summed E-state index contributed by atoms with van der Waals surface area (Å²) in [5, 5.41) is 9.63. The lowest BCUT2D eigenvalue weighted by Crippen LogP contribution is -2.31. The highest BCUT2D eigenvalue weighted by Gasteiger charge is 2.26. The first-order valence-corrected chi connectivity index (χ1v) is 8.21. The van der Waals surface area contributed by atoms with Gasteiger partial charge in [-0.2, -0.15) is 5.26 Å². The van der Waals surface area contributed by atoms with Gasteiger partial charge in [0.1, 0.15) is 5.82 Å². The van der Waals surface area contributed by atoms with Gasteiger partial charge in [-0.15, -0.1) is 0 Å². The molecule has 3 rings (SSSR count). The molecule has 0 saturated carbocycles. The Kier molecular flexibility index (Phi) is 4.95. The molecule has 1 atom stereocenters. The largest absolute Gasteiger partial charge is 0.296 e. The Labute approximate surface area is 141 Å². The zero-order valence-corrected chi connectivity index (χ0v) is 13.6. The lowest BCUT2D eigenvalue weighted by Gasteiger charge is -2.25. The molecule has 2 aromatic carbocycles. The molecule has 118 valence electrons. The highest BCUT2D eigenvalue weighted by molar-refractivity contribution is 6.31. The van der Waals surface area contributed by atoms with Crippen LogP contribution in [0.5, 0.6) is 0 Å². The van der Waals surface area contributed by atoms with E-state index in [0.717, 1.165) is 36.4 Å². The van der Waals surface area contributed by atoms with Gasteiger partial charge in [0.2, 0.25) is 0 Å². The van der Waals surface area contributed by atoms with Gasteiger partial charge in [0, 0.05) is 23.2 Å². The first kappa shape index (κ1) is 16.0. The highest BCUT2D eigenvalue weighted by Crippen LogP contribution is 2.26. The molecule has 0 radical (unpaired) electrons. The van der Waals surface area contributed by atoms with E-state index < -0.39 is 0 Å². The van der Waals surface area contributed by atoms with Crippen molar-refractivity contribution in [1.29, 1.82) is 5.26 Å². The average molecular weight is 329 g/mol. The molecule has 1 fully saturated rings. The number of hydrogen-bond donors (Lipinski definition) is 0. The summed E-state index contributed by atoms with van der Waals surface area (Å²) in [4.78, 5) is 2.31. The maximum Gasteiger partial charge on any atom is 0.129 e. The Balaban J connectivity index is 1.72. The first-order chi connectivity index (χ1) is 11.2. The van der Waals surface area contributed by atoms with Crippen LogP contribution < -0.4 is 0 Å². The van der Waals surface area contributed by atoms with Crippen LogP contribution in [0.4, 0.5) is 4.39 Å². The van der Waals surface area contributed by atoms with Crippen LogP contribution in [0.25, 0.3) is 0 Å². The van der Waals surface area contributed by atoms with E-state index in [9.17, 15) is 4.39 Å². The minimum atomic E-state index is -0.299. The van der Waals surface area contributed by atoms with E-state index in [2.05, 4.69) is 11.0 Å². The Bertz CT molecular complexity index is 738. The van der Waals surface area contributed by atoms with E-state index in [-0.39, 0.29) is 5.82 Å².